The molecule has 28 heavy (non-hydrogen) atoms. The normalized spacial score (nSPS) is 15.5. The Morgan fingerprint density at radius 1 is 0.964 bits per heavy atom. The molecule has 6 nitrogen and oxygen atoms in total. The van der Waals surface area contributed by atoms with Gasteiger partial charge in [-0.05, 0) is 48.2 Å². The molecule has 0 fully saturated rings. The molecule has 0 saturated carbocycles. The first kappa shape index (κ1) is 19.8. The quantitative estimate of drug-likeness (QED) is 0.803. The Morgan fingerprint density at radius 3 is 2.07 bits per heavy atom. The maximum atomic E-state index is 12.6. The molecular weight excluding hydrogens is 374 g/mol. The minimum Gasteiger partial charge on any atom is -0.339 e. The summed E-state index contributed by atoms with van der Waals surface area (Å²) in [5.74, 6) is 0.521. The molecule has 1 aliphatic heterocycles. The third-order valence-corrected chi connectivity index (χ3v) is 5.95. The Bertz CT molecular complexity index is 1060. The molecule has 0 saturated heterocycles. The van der Waals surface area contributed by atoms with Crippen molar-refractivity contribution >= 4 is 38.0 Å². The number of hydrogen-bond acceptors (Lipinski definition) is 4. The van der Waals surface area contributed by atoms with Crippen LogP contribution in [0.15, 0.2) is 58.5 Å². The average molecular weight is 398 g/mol. The number of nitrogens with one attached hydrogen (secondary N) is 2. The van der Waals surface area contributed by atoms with Gasteiger partial charge in [-0.15, -0.1) is 4.40 Å². The second kappa shape index (κ2) is 7.59. The van der Waals surface area contributed by atoms with E-state index in [1.54, 1.807) is 31.2 Å². The van der Waals surface area contributed by atoms with Crippen molar-refractivity contribution in [1.82, 2.24) is 0 Å². The molecule has 0 aliphatic carbocycles. The second-order valence-electron chi connectivity index (χ2n) is 7.03. The SMILES string of the molecule is CC(=O)Nc1ccc(NC2=NS(=O)(=O)C(c3ccc(C(C)C)cc3)=C2C)cc1. The van der Waals surface area contributed by atoms with E-state index in [1.165, 1.54) is 6.92 Å². The van der Waals surface area contributed by atoms with Gasteiger partial charge in [0.2, 0.25) is 5.91 Å². The van der Waals surface area contributed by atoms with E-state index in [2.05, 4.69) is 28.9 Å². The van der Waals surface area contributed by atoms with Crippen LogP contribution in [0.3, 0.4) is 0 Å². The molecular formula is C21H23N3O3S. The third-order valence-electron chi connectivity index (χ3n) is 4.47. The lowest BCUT2D eigenvalue weighted by Crippen LogP contribution is -2.11. The van der Waals surface area contributed by atoms with Crippen LogP contribution in [-0.2, 0) is 14.8 Å². The third kappa shape index (κ3) is 4.14. The van der Waals surface area contributed by atoms with Crippen LogP contribution in [0.2, 0.25) is 0 Å². The molecule has 2 aromatic rings. The molecule has 1 amide bonds. The van der Waals surface area contributed by atoms with E-state index < -0.39 is 10.0 Å². The number of carbonyl (C=O) groups is 1. The van der Waals surface area contributed by atoms with Crippen molar-refractivity contribution in [2.24, 2.45) is 4.40 Å². The molecule has 0 aromatic heterocycles. The fourth-order valence-electron chi connectivity index (χ4n) is 3.01. The predicted molar refractivity (Wildman–Crippen MR) is 114 cm³/mol. The maximum Gasteiger partial charge on any atom is 0.285 e. The van der Waals surface area contributed by atoms with Gasteiger partial charge in [0, 0.05) is 23.9 Å². The van der Waals surface area contributed by atoms with Gasteiger partial charge in [0.25, 0.3) is 10.0 Å². The van der Waals surface area contributed by atoms with Gasteiger partial charge >= 0.3 is 0 Å². The van der Waals surface area contributed by atoms with Crippen LogP contribution in [0.25, 0.3) is 4.91 Å². The van der Waals surface area contributed by atoms with E-state index in [4.69, 9.17) is 0 Å². The Labute approximate surface area is 165 Å². The summed E-state index contributed by atoms with van der Waals surface area (Å²) < 4.78 is 29.2. The van der Waals surface area contributed by atoms with Crippen LogP contribution in [0.4, 0.5) is 11.4 Å². The second-order valence-corrected chi connectivity index (χ2v) is 8.57. The number of hydrogen-bond donors (Lipinski definition) is 2. The van der Waals surface area contributed by atoms with Gasteiger partial charge < -0.3 is 10.6 Å². The fraction of sp³-hybridized carbons (Fsp3) is 0.238. The Kier molecular flexibility index (Phi) is 5.38. The number of amidine groups is 1. The number of carbonyl (C=O) groups excluding carboxylic acids is 1. The van der Waals surface area contributed by atoms with Crippen molar-refractivity contribution in [3.63, 3.8) is 0 Å². The van der Waals surface area contributed by atoms with Crippen molar-refractivity contribution in [3.8, 4) is 0 Å². The van der Waals surface area contributed by atoms with E-state index in [9.17, 15) is 13.2 Å². The van der Waals surface area contributed by atoms with Gasteiger partial charge in [0.15, 0.2) is 0 Å². The van der Waals surface area contributed by atoms with Crippen LogP contribution in [0, 0.1) is 0 Å². The highest BCUT2D eigenvalue weighted by Crippen LogP contribution is 2.33. The van der Waals surface area contributed by atoms with Gasteiger partial charge in [-0.2, -0.15) is 8.42 Å². The number of anilines is 2. The maximum absolute atomic E-state index is 12.6. The van der Waals surface area contributed by atoms with Gasteiger partial charge in [0.1, 0.15) is 10.7 Å². The topological polar surface area (TPSA) is 87.6 Å². The summed E-state index contributed by atoms with van der Waals surface area (Å²) in [5, 5.41) is 5.74. The minimum atomic E-state index is -3.77. The lowest BCUT2D eigenvalue weighted by molar-refractivity contribution is -0.114. The van der Waals surface area contributed by atoms with Gasteiger partial charge in [-0.1, -0.05) is 38.1 Å². The van der Waals surface area contributed by atoms with Gasteiger partial charge in [-0.25, -0.2) is 0 Å². The smallest absolute Gasteiger partial charge is 0.285 e. The highest BCUT2D eigenvalue weighted by molar-refractivity contribution is 8.00. The van der Waals surface area contributed by atoms with E-state index in [0.717, 1.165) is 5.56 Å². The molecule has 146 valence electrons. The Hall–Kier alpha value is -2.93. The first-order chi connectivity index (χ1) is 13.2. The van der Waals surface area contributed by atoms with Gasteiger partial charge in [-0.3, -0.25) is 4.79 Å². The van der Waals surface area contributed by atoms with Crippen LogP contribution in [-0.4, -0.2) is 20.2 Å². The summed E-state index contributed by atoms with van der Waals surface area (Å²) in [6, 6.07) is 14.5. The zero-order valence-electron chi connectivity index (χ0n) is 16.3. The average Bonchev–Trinajstić information content (AvgIpc) is 2.84. The molecule has 2 N–H and O–H groups in total. The lowest BCUT2D eigenvalue weighted by Gasteiger charge is -2.09. The van der Waals surface area contributed by atoms with E-state index in [1.807, 2.05) is 24.3 Å². The zero-order valence-corrected chi connectivity index (χ0v) is 17.1. The number of rotatable bonds is 4. The monoisotopic (exact) mass is 397 g/mol. The molecule has 3 rings (SSSR count). The molecule has 0 bridgehead atoms. The summed E-state index contributed by atoms with van der Waals surface area (Å²) in [7, 11) is -3.77. The predicted octanol–water partition coefficient (Wildman–Crippen LogP) is 4.35. The van der Waals surface area contributed by atoms with E-state index >= 15 is 0 Å². The lowest BCUT2D eigenvalue weighted by atomic mass is 10.0. The summed E-state index contributed by atoms with van der Waals surface area (Å²) in [4.78, 5) is 11.3. The summed E-state index contributed by atoms with van der Waals surface area (Å²) >= 11 is 0. The van der Waals surface area contributed by atoms with Crippen molar-refractivity contribution < 1.29 is 13.2 Å². The number of benzene rings is 2. The van der Waals surface area contributed by atoms with E-state index in [-0.39, 0.29) is 10.8 Å². The highest BCUT2D eigenvalue weighted by atomic mass is 32.2. The molecule has 0 radical (unpaired) electrons. The molecule has 1 aliphatic rings. The van der Waals surface area contributed by atoms with Crippen molar-refractivity contribution in [3.05, 3.63) is 65.2 Å². The summed E-state index contributed by atoms with van der Waals surface area (Å²) in [5.41, 5.74) is 3.69. The molecule has 0 unspecified atom stereocenters. The molecule has 2 aromatic carbocycles. The molecule has 0 spiro atoms. The van der Waals surface area contributed by atoms with E-state index in [0.29, 0.717) is 34.3 Å². The number of amides is 1. The van der Waals surface area contributed by atoms with Gasteiger partial charge in [0.05, 0.1) is 0 Å². The van der Waals surface area contributed by atoms with Crippen molar-refractivity contribution in [2.75, 3.05) is 10.6 Å². The first-order valence-electron chi connectivity index (χ1n) is 8.98. The first-order valence-corrected chi connectivity index (χ1v) is 10.4. The summed E-state index contributed by atoms with van der Waals surface area (Å²) in [6.45, 7) is 7.36. The zero-order chi connectivity index (χ0) is 20.5. The molecule has 1 heterocycles. The largest absolute Gasteiger partial charge is 0.339 e. The standard InChI is InChI=1S/C21H23N3O3S/c1-13(2)16-5-7-17(8-6-16)20-14(3)21(24-28(20,26)27)23-19-11-9-18(10-12-19)22-15(4)25/h5-13H,1-4H3,(H,22,25)(H,23,24). The highest BCUT2D eigenvalue weighted by Gasteiger charge is 2.31. The number of sulfonamides is 1. The molecule has 7 heteroatoms. The fourth-order valence-corrected chi connectivity index (χ4v) is 4.45. The van der Waals surface area contributed by atoms with Crippen molar-refractivity contribution in [1.29, 1.82) is 0 Å². The van der Waals surface area contributed by atoms with Crippen LogP contribution in [0.1, 0.15) is 44.7 Å². The van der Waals surface area contributed by atoms with Crippen molar-refractivity contribution in [2.45, 2.75) is 33.6 Å². The van der Waals surface area contributed by atoms with Crippen LogP contribution < -0.4 is 10.6 Å². The van der Waals surface area contributed by atoms with Crippen LogP contribution >= 0.6 is 0 Å². The Morgan fingerprint density at radius 2 is 1.54 bits per heavy atom. The molecule has 0 atom stereocenters. The minimum absolute atomic E-state index is 0.154. The number of nitrogens with zero attached hydrogens (tertiary/aromatic N) is 1. The van der Waals surface area contributed by atoms with Crippen LogP contribution in [0.5, 0.6) is 0 Å². The Balaban J connectivity index is 1.87. The summed E-state index contributed by atoms with van der Waals surface area (Å²) in [6.07, 6.45) is 0.